The molecule has 1 aliphatic rings. The molecule has 0 bridgehead atoms. The van der Waals surface area contributed by atoms with Crippen LogP contribution in [0.1, 0.15) is 30.6 Å². The Morgan fingerprint density at radius 2 is 2.13 bits per heavy atom. The fourth-order valence-electron chi connectivity index (χ4n) is 4.69. The lowest BCUT2D eigenvalue weighted by molar-refractivity contribution is 0.0408. The molecule has 162 valence electrons. The van der Waals surface area contributed by atoms with E-state index < -0.39 is 6.10 Å². The number of aromatic nitrogens is 1. The number of ether oxygens (including phenoxy) is 1. The minimum atomic E-state index is -0.549. The number of hydrogen-bond acceptors (Lipinski definition) is 4. The Kier molecular flexibility index (Phi) is 5.69. The van der Waals surface area contributed by atoms with Gasteiger partial charge in [-0.25, -0.2) is 4.39 Å². The first kappa shape index (κ1) is 20.5. The van der Waals surface area contributed by atoms with Gasteiger partial charge in [-0.2, -0.15) is 0 Å². The maximum Gasteiger partial charge on any atom is 0.140 e. The summed E-state index contributed by atoms with van der Waals surface area (Å²) in [6.07, 6.45) is 3.39. The Labute approximate surface area is 185 Å². The molecule has 2 aromatic heterocycles. The van der Waals surface area contributed by atoms with Crippen molar-refractivity contribution in [1.29, 1.82) is 0 Å². The Morgan fingerprint density at radius 1 is 1.26 bits per heavy atom. The van der Waals surface area contributed by atoms with Gasteiger partial charge in [0.15, 0.2) is 0 Å². The standard InChI is InChI=1S/C25H27FN2O2S/c1-16-12-17(24-13-18-4-2-5-21(26)25(18)31-24)9-11-28(16)14-19(29)15-30-23-7-3-6-22-20(23)8-10-27-22/h2-8,10,13,16-17,19,27,29H,9,11-12,14-15H2,1H3/t16-,17-,19+/m1/s1. The van der Waals surface area contributed by atoms with E-state index in [1.165, 1.54) is 10.9 Å². The van der Waals surface area contributed by atoms with Crippen LogP contribution in [0.5, 0.6) is 5.75 Å². The number of nitrogens with one attached hydrogen (secondary N) is 1. The van der Waals surface area contributed by atoms with Crippen LogP contribution in [-0.4, -0.2) is 46.8 Å². The summed E-state index contributed by atoms with van der Waals surface area (Å²) in [4.78, 5) is 6.79. The van der Waals surface area contributed by atoms with Crippen LogP contribution in [0.4, 0.5) is 4.39 Å². The Balaban J connectivity index is 1.18. The molecule has 31 heavy (non-hydrogen) atoms. The average molecular weight is 439 g/mol. The number of H-pyrrole nitrogens is 1. The molecule has 0 aliphatic carbocycles. The summed E-state index contributed by atoms with van der Waals surface area (Å²) < 4.78 is 20.8. The number of piperidine rings is 1. The minimum absolute atomic E-state index is 0.127. The molecule has 1 aliphatic heterocycles. The van der Waals surface area contributed by atoms with Gasteiger partial charge in [0.2, 0.25) is 0 Å². The van der Waals surface area contributed by atoms with Crippen molar-refractivity contribution >= 4 is 32.3 Å². The third-order valence-electron chi connectivity index (χ3n) is 6.36. The number of rotatable bonds is 6. The minimum Gasteiger partial charge on any atom is -0.490 e. The zero-order valence-electron chi connectivity index (χ0n) is 17.6. The van der Waals surface area contributed by atoms with Crippen LogP contribution >= 0.6 is 11.3 Å². The number of benzene rings is 2. The van der Waals surface area contributed by atoms with Crippen LogP contribution in [0, 0.1) is 5.82 Å². The SMILES string of the molecule is C[C@@H]1C[C@H](c2cc3cccc(F)c3s2)CCN1C[C@H](O)COc1cccc2[nH]ccc12. The molecule has 2 aromatic carbocycles. The van der Waals surface area contributed by atoms with Crippen molar-refractivity contribution in [3.63, 3.8) is 0 Å². The third-order valence-corrected chi connectivity index (χ3v) is 7.68. The van der Waals surface area contributed by atoms with Gasteiger partial charge in [0.25, 0.3) is 0 Å². The number of aliphatic hydroxyl groups excluding tert-OH is 1. The van der Waals surface area contributed by atoms with Crippen LogP contribution in [-0.2, 0) is 0 Å². The quantitative estimate of drug-likeness (QED) is 0.416. The van der Waals surface area contributed by atoms with Gasteiger partial charge < -0.3 is 14.8 Å². The smallest absolute Gasteiger partial charge is 0.140 e. The molecule has 1 fully saturated rings. The topological polar surface area (TPSA) is 48.5 Å². The molecule has 1 saturated heterocycles. The van der Waals surface area contributed by atoms with Crippen LogP contribution in [0.2, 0.25) is 0 Å². The van der Waals surface area contributed by atoms with E-state index >= 15 is 0 Å². The molecule has 4 nitrogen and oxygen atoms in total. The lowest BCUT2D eigenvalue weighted by Gasteiger charge is -2.38. The lowest BCUT2D eigenvalue weighted by Crippen LogP contribution is -2.45. The van der Waals surface area contributed by atoms with Gasteiger partial charge in [-0.1, -0.05) is 18.2 Å². The van der Waals surface area contributed by atoms with Gasteiger partial charge in [-0.15, -0.1) is 11.3 Å². The molecular formula is C25H27FN2O2S. The van der Waals surface area contributed by atoms with Gasteiger partial charge in [-0.3, -0.25) is 4.90 Å². The molecule has 5 rings (SSSR count). The second-order valence-corrected chi connectivity index (χ2v) is 9.62. The Bertz CT molecular complexity index is 1190. The van der Waals surface area contributed by atoms with Crippen LogP contribution < -0.4 is 4.74 Å². The Morgan fingerprint density at radius 3 is 2.97 bits per heavy atom. The summed E-state index contributed by atoms with van der Waals surface area (Å²) in [6, 6.07) is 15.7. The van der Waals surface area contributed by atoms with Crippen molar-refractivity contribution in [2.45, 2.75) is 37.8 Å². The van der Waals surface area contributed by atoms with Crippen molar-refractivity contribution in [2.24, 2.45) is 0 Å². The highest BCUT2D eigenvalue weighted by molar-refractivity contribution is 7.19. The molecule has 0 unspecified atom stereocenters. The highest BCUT2D eigenvalue weighted by Crippen LogP contribution is 2.39. The average Bonchev–Trinajstić information content (AvgIpc) is 3.41. The molecule has 0 amide bonds. The first-order valence-corrected chi connectivity index (χ1v) is 11.7. The molecule has 4 aromatic rings. The van der Waals surface area contributed by atoms with E-state index in [1.54, 1.807) is 17.4 Å². The number of likely N-dealkylation sites (tertiary alicyclic amines) is 1. The van der Waals surface area contributed by atoms with Crippen LogP contribution in [0.15, 0.2) is 54.7 Å². The third kappa shape index (κ3) is 4.20. The van der Waals surface area contributed by atoms with Crippen LogP contribution in [0.25, 0.3) is 21.0 Å². The van der Waals surface area contributed by atoms with Crippen molar-refractivity contribution in [3.8, 4) is 5.75 Å². The predicted molar refractivity (Wildman–Crippen MR) is 125 cm³/mol. The van der Waals surface area contributed by atoms with Crippen molar-refractivity contribution in [1.82, 2.24) is 9.88 Å². The summed E-state index contributed by atoms with van der Waals surface area (Å²) in [5.41, 5.74) is 1.03. The van der Waals surface area contributed by atoms with Gasteiger partial charge >= 0.3 is 0 Å². The van der Waals surface area contributed by atoms with Crippen LogP contribution in [0.3, 0.4) is 0 Å². The van der Waals surface area contributed by atoms with Gasteiger partial charge in [0, 0.05) is 34.6 Å². The number of thiophene rings is 1. The van der Waals surface area contributed by atoms with E-state index in [0.29, 0.717) is 18.5 Å². The molecular weight excluding hydrogens is 411 g/mol. The largest absolute Gasteiger partial charge is 0.490 e. The fourth-order valence-corrected chi connectivity index (χ4v) is 5.90. The first-order chi connectivity index (χ1) is 15.1. The number of β-amino-alcohol motifs (C(OH)–C–C–N with tert-alkyl or cyclic N) is 1. The van der Waals surface area contributed by atoms with E-state index in [0.717, 1.165) is 46.1 Å². The monoisotopic (exact) mass is 438 g/mol. The molecule has 0 spiro atoms. The fraction of sp³-hybridized carbons (Fsp3) is 0.360. The normalized spacial score (nSPS) is 21.0. The second-order valence-electron chi connectivity index (χ2n) is 8.53. The number of fused-ring (bicyclic) bond motifs is 2. The second kappa shape index (κ2) is 8.61. The zero-order chi connectivity index (χ0) is 21.4. The molecule has 3 heterocycles. The molecule has 3 atom stereocenters. The molecule has 0 radical (unpaired) electrons. The highest BCUT2D eigenvalue weighted by Gasteiger charge is 2.29. The van der Waals surface area contributed by atoms with Gasteiger partial charge in [-0.05, 0) is 67.9 Å². The van der Waals surface area contributed by atoms with E-state index in [1.807, 2.05) is 36.5 Å². The van der Waals surface area contributed by atoms with E-state index in [2.05, 4.69) is 22.9 Å². The number of hydrogen-bond donors (Lipinski definition) is 2. The number of aliphatic hydroxyl groups is 1. The summed E-state index contributed by atoms with van der Waals surface area (Å²) in [7, 11) is 0. The summed E-state index contributed by atoms with van der Waals surface area (Å²) in [6.45, 7) is 4.01. The van der Waals surface area contributed by atoms with Gasteiger partial charge in [0.05, 0.1) is 4.70 Å². The number of halogens is 1. The van der Waals surface area contributed by atoms with Crippen molar-refractivity contribution in [3.05, 3.63) is 65.4 Å². The maximum absolute atomic E-state index is 14.1. The first-order valence-electron chi connectivity index (χ1n) is 10.9. The van der Waals surface area contributed by atoms with Crippen molar-refractivity contribution in [2.75, 3.05) is 19.7 Å². The number of nitrogens with zero attached hydrogens (tertiary/aromatic N) is 1. The predicted octanol–water partition coefficient (Wildman–Crippen LogP) is 5.53. The van der Waals surface area contributed by atoms with E-state index in [9.17, 15) is 9.50 Å². The van der Waals surface area contributed by atoms with Crippen molar-refractivity contribution < 1.29 is 14.2 Å². The molecule has 0 saturated carbocycles. The summed E-state index contributed by atoms with van der Waals surface area (Å²) >= 11 is 1.59. The van der Waals surface area contributed by atoms with E-state index in [4.69, 9.17) is 4.74 Å². The number of aromatic amines is 1. The van der Waals surface area contributed by atoms with E-state index in [-0.39, 0.29) is 12.4 Å². The highest BCUT2D eigenvalue weighted by atomic mass is 32.1. The lowest BCUT2D eigenvalue weighted by atomic mass is 9.90. The molecule has 6 heteroatoms. The molecule has 2 N–H and O–H groups in total. The Hall–Kier alpha value is -2.41. The zero-order valence-corrected chi connectivity index (χ0v) is 18.4. The summed E-state index contributed by atoms with van der Waals surface area (Å²) in [5, 5.41) is 12.6. The maximum atomic E-state index is 14.1. The van der Waals surface area contributed by atoms with Gasteiger partial charge in [0.1, 0.15) is 24.3 Å². The summed E-state index contributed by atoms with van der Waals surface area (Å²) in [5.74, 6) is 1.11.